The SMILES string of the molecule is CC(=O)OOc1ccc(Cl)c(CCOc2ccccc2)c1Br. The monoisotopic (exact) mass is 384 g/mol. The maximum absolute atomic E-state index is 10.8. The molecule has 0 atom stereocenters. The van der Waals surface area contributed by atoms with E-state index < -0.39 is 5.97 Å². The van der Waals surface area contributed by atoms with Gasteiger partial charge in [0.05, 0.1) is 11.1 Å². The van der Waals surface area contributed by atoms with Gasteiger partial charge in [0.1, 0.15) is 5.75 Å². The lowest BCUT2D eigenvalue weighted by Crippen LogP contribution is -2.06. The number of carbonyl (C=O) groups excluding carboxylic acids is 1. The lowest BCUT2D eigenvalue weighted by molar-refractivity contribution is -0.211. The molecule has 0 aliphatic rings. The van der Waals surface area contributed by atoms with E-state index >= 15 is 0 Å². The van der Waals surface area contributed by atoms with Crippen LogP contribution in [0.5, 0.6) is 11.5 Å². The van der Waals surface area contributed by atoms with Crippen LogP contribution in [0.1, 0.15) is 12.5 Å². The molecule has 0 aromatic heterocycles. The summed E-state index contributed by atoms with van der Waals surface area (Å²) in [6.07, 6.45) is 0.575. The molecule has 0 saturated carbocycles. The van der Waals surface area contributed by atoms with E-state index in [0.717, 1.165) is 11.3 Å². The van der Waals surface area contributed by atoms with Crippen molar-refractivity contribution in [1.29, 1.82) is 0 Å². The summed E-state index contributed by atoms with van der Waals surface area (Å²) in [5, 5.41) is 0.582. The molecule has 2 aromatic rings. The topological polar surface area (TPSA) is 44.8 Å². The smallest absolute Gasteiger partial charge is 0.352 e. The van der Waals surface area contributed by atoms with Gasteiger partial charge in [-0.15, -0.1) is 0 Å². The Hall–Kier alpha value is -1.72. The summed E-state index contributed by atoms with van der Waals surface area (Å²) in [5.74, 6) is 0.646. The van der Waals surface area contributed by atoms with Crippen molar-refractivity contribution in [1.82, 2.24) is 0 Å². The molecule has 4 nitrogen and oxygen atoms in total. The minimum Gasteiger partial charge on any atom is -0.493 e. The number of rotatable bonds is 6. The molecule has 2 aromatic carbocycles. The third kappa shape index (κ3) is 4.64. The Morgan fingerprint density at radius 2 is 1.91 bits per heavy atom. The van der Waals surface area contributed by atoms with Crippen LogP contribution < -0.4 is 9.62 Å². The average molecular weight is 386 g/mol. The molecule has 0 radical (unpaired) electrons. The van der Waals surface area contributed by atoms with Crippen molar-refractivity contribution < 1.29 is 19.3 Å². The zero-order valence-corrected chi connectivity index (χ0v) is 14.2. The summed E-state index contributed by atoms with van der Waals surface area (Å²) in [7, 11) is 0. The largest absolute Gasteiger partial charge is 0.493 e. The highest BCUT2D eigenvalue weighted by atomic mass is 79.9. The Kier molecular flexibility index (Phi) is 6.10. The van der Waals surface area contributed by atoms with Gasteiger partial charge in [0, 0.05) is 18.4 Å². The average Bonchev–Trinajstić information content (AvgIpc) is 2.50. The van der Waals surface area contributed by atoms with Crippen LogP contribution in [-0.4, -0.2) is 12.6 Å². The Balaban J connectivity index is 2.03. The molecule has 0 bridgehead atoms. The van der Waals surface area contributed by atoms with Gasteiger partial charge in [-0.3, -0.25) is 9.78 Å². The normalized spacial score (nSPS) is 10.1. The fourth-order valence-corrected chi connectivity index (χ4v) is 2.74. The van der Waals surface area contributed by atoms with E-state index in [9.17, 15) is 4.79 Å². The molecule has 0 amide bonds. The van der Waals surface area contributed by atoms with E-state index in [0.29, 0.717) is 28.3 Å². The molecular formula is C16H14BrClO4. The molecule has 2 rings (SSSR count). The predicted octanol–water partition coefficient (Wildman–Crippen LogP) is 4.58. The second-order valence-electron chi connectivity index (χ2n) is 4.41. The highest BCUT2D eigenvalue weighted by Crippen LogP contribution is 2.34. The van der Waals surface area contributed by atoms with Crippen LogP contribution in [0.2, 0.25) is 5.02 Å². The summed E-state index contributed by atoms with van der Waals surface area (Å²) in [5.41, 5.74) is 0.822. The van der Waals surface area contributed by atoms with Crippen LogP contribution in [0.25, 0.3) is 0 Å². The van der Waals surface area contributed by atoms with Crippen molar-refractivity contribution in [2.75, 3.05) is 6.61 Å². The lowest BCUT2D eigenvalue weighted by atomic mass is 10.1. The van der Waals surface area contributed by atoms with Crippen molar-refractivity contribution in [2.24, 2.45) is 0 Å². The number of carbonyl (C=O) groups is 1. The number of halogens is 2. The number of hydrogen-bond donors (Lipinski definition) is 0. The highest BCUT2D eigenvalue weighted by molar-refractivity contribution is 9.10. The van der Waals surface area contributed by atoms with Gasteiger partial charge in [0.25, 0.3) is 0 Å². The van der Waals surface area contributed by atoms with Crippen LogP contribution in [-0.2, 0) is 16.1 Å². The number of ether oxygens (including phenoxy) is 1. The fourth-order valence-electron chi connectivity index (χ4n) is 1.76. The fraction of sp³-hybridized carbons (Fsp3) is 0.188. The molecule has 116 valence electrons. The molecule has 0 fully saturated rings. The number of hydrogen-bond acceptors (Lipinski definition) is 4. The first-order valence-electron chi connectivity index (χ1n) is 6.57. The van der Waals surface area contributed by atoms with Gasteiger partial charge in [-0.05, 0) is 45.8 Å². The van der Waals surface area contributed by atoms with Gasteiger partial charge in [-0.1, -0.05) is 29.8 Å². The van der Waals surface area contributed by atoms with Gasteiger partial charge < -0.3 is 4.74 Å². The van der Waals surface area contributed by atoms with Gasteiger partial charge in [-0.2, -0.15) is 0 Å². The van der Waals surface area contributed by atoms with Crippen molar-refractivity contribution in [3.63, 3.8) is 0 Å². The Morgan fingerprint density at radius 3 is 2.59 bits per heavy atom. The van der Waals surface area contributed by atoms with E-state index in [-0.39, 0.29) is 0 Å². The maximum atomic E-state index is 10.8. The first-order chi connectivity index (χ1) is 10.6. The molecule has 0 spiro atoms. The van der Waals surface area contributed by atoms with Gasteiger partial charge in [0.2, 0.25) is 0 Å². The first kappa shape index (κ1) is 16.6. The van der Waals surface area contributed by atoms with E-state index in [2.05, 4.69) is 20.8 Å². The number of benzene rings is 2. The van der Waals surface area contributed by atoms with Crippen molar-refractivity contribution >= 4 is 33.5 Å². The van der Waals surface area contributed by atoms with Crippen molar-refractivity contribution in [3.05, 3.63) is 57.5 Å². The van der Waals surface area contributed by atoms with Gasteiger partial charge in [-0.25, -0.2) is 4.79 Å². The van der Waals surface area contributed by atoms with Gasteiger partial charge in [0.15, 0.2) is 5.75 Å². The summed E-state index contributed by atoms with van der Waals surface area (Å²) < 4.78 is 6.29. The highest BCUT2D eigenvalue weighted by Gasteiger charge is 2.13. The third-order valence-electron chi connectivity index (χ3n) is 2.76. The van der Waals surface area contributed by atoms with Crippen LogP contribution >= 0.6 is 27.5 Å². The second-order valence-corrected chi connectivity index (χ2v) is 5.61. The molecule has 0 N–H and O–H groups in total. The quantitative estimate of drug-likeness (QED) is 0.539. The predicted molar refractivity (Wildman–Crippen MR) is 87.2 cm³/mol. The van der Waals surface area contributed by atoms with Crippen LogP contribution in [0.15, 0.2) is 46.9 Å². The molecule has 0 aliphatic carbocycles. The lowest BCUT2D eigenvalue weighted by Gasteiger charge is -2.12. The van der Waals surface area contributed by atoms with E-state index in [4.69, 9.17) is 21.2 Å². The Morgan fingerprint density at radius 1 is 1.18 bits per heavy atom. The summed E-state index contributed by atoms with van der Waals surface area (Å²) in [6, 6.07) is 12.8. The molecule has 22 heavy (non-hydrogen) atoms. The summed E-state index contributed by atoms with van der Waals surface area (Å²) >= 11 is 9.61. The molecule has 0 saturated heterocycles. The van der Waals surface area contributed by atoms with E-state index in [1.807, 2.05) is 30.3 Å². The Bertz CT molecular complexity index is 646. The molecule has 0 heterocycles. The molecular weight excluding hydrogens is 372 g/mol. The van der Waals surface area contributed by atoms with Crippen LogP contribution in [0.4, 0.5) is 0 Å². The van der Waals surface area contributed by atoms with E-state index in [1.165, 1.54) is 6.92 Å². The first-order valence-corrected chi connectivity index (χ1v) is 7.75. The zero-order valence-electron chi connectivity index (χ0n) is 11.8. The third-order valence-corrected chi connectivity index (χ3v) is 3.99. The van der Waals surface area contributed by atoms with Crippen molar-refractivity contribution in [2.45, 2.75) is 13.3 Å². The standard InChI is InChI=1S/C16H14BrClO4/c1-11(19)21-22-15-8-7-14(18)13(16(15)17)9-10-20-12-5-3-2-4-6-12/h2-8H,9-10H2,1H3. The Labute approximate surface area is 142 Å². The number of para-hydroxylation sites is 1. The second kappa shape index (κ2) is 8.06. The molecule has 0 aliphatic heterocycles. The minimum absolute atomic E-state index is 0.384. The molecule has 6 heteroatoms. The zero-order chi connectivity index (χ0) is 15.9. The van der Waals surface area contributed by atoms with E-state index in [1.54, 1.807) is 12.1 Å². The van der Waals surface area contributed by atoms with Crippen LogP contribution in [0.3, 0.4) is 0 Å². The minimum atomic E-state index is -0.532. The van der Waals surface area contributed by atoms with Crippen molar-refractivity contribution in [3.8, 4) is 11.5 Å². The van der Waals surface area contributed by atoms with Crippen LogP contribution in [0, 0.1) is 0 Å². The molecule has 0 unspecified atom stereocenters. The summed E-state index contributed by atoms with van der Waals surface area (Å²) in [6.45, 7) is 1.72. The van der Waals surface area contributed by atoms with Gasteiger partial charge >= 0.3 is 5.97 Å². The maximum Gasteiger partial charge on any atom is 0.352 e. The summed E-state index contributed by atoms with van der Waals surface area (Å²) in [4.78, 5) is 20.3.